The van der Waals surface area contributed by atoms with Crippen LogP contribution in [0.5, 0.6) is 0 Å². The van der Waals surface area contributed by atoms with E-state index in [1.807, 2.05) is 0 Å². The fraction of sp³-hybridized carbons (Fsp3) is 0.607. The first kappa shape index (κ1) is 62.0. The molecule has 0 bridgehead atoms. The number of hydrogen-bond acceptors (Lipinski definition) is 5. The van der Waals surface area contributed by atoms with Gasteiger partial charge in [0.2, 0.25) is 0 Å². The highest BCUT2D eigenvalue weighted by Gasteiger charge is 2.17. The Kier molecular flexibility index (Phi) is 52.0. The van der Waals surface area contributed by atoms with Crippen molar-refractivity contribution in [1.29, 1.82) is 0 Å². The minimum atomic E-state index is -0.582. The molecule has 1 atom stereocenters. The van der Waals surface area contributed by atoms with E-state index in [4.69, 9.17) is 14.2 Å². The third-order valence-electron chi connectivity index (χ3n) is 10.6. The van der Waals surface area contributed by atoms with Crippen LogP contribution < -0.4 is 0 Å². The van der Waals surface area contributed by atoms with Crippen LogP contribution in [-0.2, 0) is 23.8 Å². The summed E-state index contributed by atoms with van der Waals surface area (Å²) >= 11 is 0. The molecule has 5 heteroatoms. The molecule has 0 aromatic heterocycles. The summed E-state index contributed by atoms with van der Waals surface area (Å²) in [7, 11) is 0. The highest BCUT2D eigenvalue weighted by atomic mass is 16.6. The molecule has 0 saturated heterocycles. The molecule has 0 aromatic carbocycles. The summed E-state index contributed by atoms with van der Waals surface area (Å²) in [6.45, 7) is 7.42. The average molecular weight is 911 g/mol. The minimum absolute atomic E-state index is 0.0368. The number of allylic oxidation sites excluding steroid dienone is 22. The van der Waals surface area contributed by atoms with Gasteiger partial charge in [-0.1, -0.05) is 212 Å². The van der Waals surface area contributed by atoms with E-state index in [1.165, 1.54) is 51.4 Å². The Hall–Kier alpha value is -3.96. The van der Waals surface area contributed by atoms with Crippen molar-refractivity contribution in [3.8, 4) is 0 Å². The molecule has 0 amide bonds. The second-order valence-electron chi connectivity index (χ2n) is 17.0. The summed E-state index contributed by atoms with van der Waals surface area (Å²) < 4.78 is 17.4. The number of unbranched alkanes of at least 4 members (excludes halogenated alkanes) is 14. The predicted octanol–water partition coefficient (Wildman–Crippen LogP) is 18.3. The maximum atomic E-state index is 12.8. The van der Waals surface area contributed by atoms with Crippen molar-refractivity contribution in [2.24, 2.45) is 0 Å². The minimum Gasteiger partial charge on any atom is -0.462 e. The van der Waals surface area contributed by atoms with E-state index >= 15 is 0 Å². The van der Waals surface area contributed by atoms with Gasteiger partial charge in [0.05, 0.1) is 6.61 Å². The molecule has 372 valence electrons. The summed E-state index contributed by atoms with van der Waals surface area (Å²) in [4.78, 5) is 25.4. The molecule has 1 unspecified atom stereocenters. The predicted molar refractivity (Wildman–Crippen MR) is 288 cm³/mol. The van der Waals surface area contributed by atoms with E-state index in [1.54, 1.807) is 0 Å². The Morgan fingerprint density at radius 2 is 0.697 bits per heavy atom. The first-order chi connectivity index (χ1) is 32.6. The van der Waals surface area contributed by atoms with Crippen molar-refractivity contribution in [2.75, 3.05) is 19.8 Å². The van der Waals surface area contributed by atoms with Crippen LogP contribution in [0.15, 0.2) is 134 Å². The second kappa shape index (κ2) is 55.4. The van der Waals surface area contributed by atoms with Crippen LogP contribution in [0.4, 0.5) is 0 Å². The van der Waals surface area contributed by atoms with Crippen molar-refractivity contribution in [3.05, 3.63) is 134 Å². The van der Waals surface area contributed by atoms with Gasteiger partial charge in [0, 0.05) is 19.4 Å². The summed E-state index contributed by atoms with van der Waals surface area (Å²) in [5, 5.41) is 0. The molecule has 5 nitrogen and oxygen atoms in total. The molecule has 66 heavy (non-hydrogen) atoms. The summed E-state index contributed by atoms with van der Waals surface area (Å²) in [5.74, 6) is -0.497. The van der Waals surface area contributed by atoms with Crippen molar-refractivity contribution >= 4 is 11.9 Å². The zero-order chi connectivity index (χ0) is 47.7. The molecule has 0 aliphatic heterocycles. The largest absolute Gasteiger partial charge is 0.462 e. The van der Waals surface area contributed by atoms with Crippen LogP contribution in [0.3, 0.4) is 0 Å². The number of rotatable bonds is 47. The van der Waals surface area contributed by atoms with Gasteiger partial charge in [-0.15, -0.1) is 0 Å². The summed E-state index contributed by atoms with van der Waals surface area (Å²) in [5.41, 5.74) is 0. The Morgan fingerprint density at radius 1 is 0.348 bits per heavy atom. The number of ether oxygens (including phenoxy) is 3. The Morgan fingerprint density at radius 3 is 1.14 bits per heavy atom. The van der Waals surface area contributed by atoms with Gasteiger partial charge >= 0.3 is 11.9 Å². The van der Waals surface area contributed by atoms with E-state index < -0.39 is 6.10 Å². The molecule has 0 radical (unpaired) electrons. The molecule has 0 aliphatic rings. The standard InChI is InChI=1S/C61H98O5/c1-4-7-10-13-16-19-22-25-27-29-30-31-33-35-38-41-44-47-50-53-56-64-57-59(66-61(63)55-52-49-46-43-40-36-24-21-18-15-12-9-6-3)58-65-60(62)54-51-48-45-42-39-37-34-32-28-26-23-20-17-14-11-8-5-2/h7-8,10-12,15-17,19-21,24-28,30-31,34,37,42,45,59H,4-6,9,13-14,18,22-23,29,32-33,35-36,38-41,43-44,46-58H2,1-3H3/b10-7-,11-8-,15-12-,19-16-,20-17-,24-21-,27-25-,28-26-,31-30-,37-34-,45-42-. The van der Waals surface area contributed by atoms with Crippen LogP contribution in [0.1, 0.15) is 213 Å². The van der Waals surface area contributed by atoms with Gasteiger partial charge in [-0.3, -0.25) is 9.59 Å². The van der Waals surface area contributed by atoms with Gasteiger partial charge in [0.1, 0.15) is 6.61 Å². The quantitative estimate of drug-likeness (QED) is 0.0346. The first-order valence-electron chi connectivity index (χ1n) is 26.7. The van der Waals surface area contributed by atoms with Crippen molar-refractivity contribution in [2.45, 2.75) is 219 Å². The fourth-order valence-electron chi connectivity index (χ4n) is 6.75. The summed E-state index contributed by atoms with van der Waals surface area (Å²) in [6.07, 6.45) is 79.0. The normalized spacial score (nSPS) is 13.3. The molecule has 0 spiro atoms. The smallest absolute Gasteiger partial charge is 0.306 e. The zero-order valence-electron chi connectivity index (χ0n) is 42.7. The Balaban J connectivity index is 4.41. The number of hydrogen-bond donors (Lipinski definition) is 0. The van der Waals surface area contributed by atoms with Crippen molar-refractivity contribution < 1.29 is 23.8 Å². The topological polar surface area (TPSA) is 61.8 Å². The first-order valence-corrected chi connectivity index (χ1v) is 26.7. The van der Waals surface area contributed by atoms with Gasteiger partial charge in [0.15, 0.2) is 6.10 Å². The monoisotopic (exact) mass is 911 g/mol. The molecule has 0 heterocycles. The van der Waals surface area contributed by atoms with Crippen molar-refractivity contribution in [1.82, 2.24) is 0 Å². The molecule has 0 saturated carbocycles. The van der Waals surface area contributed by atoms with Gasteiger partial charge in [-0.2, -0.15) is 0 Å². The number of esters is 2. The van der Waals surface area contributed by atoms with Gasteiger partial charge in [-0.25, -0.2) is 0 Å². The third kappa shape index (κ3) is 52.7. The Labute approximate surface area is 407 Å². The summed E-state index contributed by atoms with van der Waals surface area (Å²) in [6, 6.07) is 0. The van der Waals surface area contributed by atoms with Crippen LogP contribution >= 0.6 is 0 Å². The molecule has 0 aromatic rings. The molecule has 0 aliphatic carbocycles. The average Bonchev–Trinajstić information content (AvgIpc) is 3.32. The molecule has 0 fully saturated rings. The van der Waals surface area contributed by atoms with Crippen LogP contribution in [0.25, 0.3) is 0 Å². The number of carbonyl (C=O) groups is 2. The lowest BCUT2D eigenvalue weighted by atomic mass is 10.1. The highest BCUT2D eigenvalue weighted by molar-refractivity contribution is 5.70. The van der Waals surface area contributed by atoms with E-state index in [0.29, 0.717) is 19.4 Å². The lowest BCUT2D eigenvalue weighted by Gasteiger charge is -2.18. The van der Waals surface area contributed by atoms with E-state index in [9.17, 15) is 9.59 Å². The number of carbonyl (C=O) groups excluding carboxylic acids is 2. The fourth-order valence-corrected chi connectivity index (χ4v) is 6.75. The lowest BCUT2D eigenvalue weighted by molar-refractivity contribution is -0.163. The zero-order valence-corrected chi connectivity index (χ0v) is 42.7. The maximum Gasteiger partial charge on any atom is 0.306 e. The van der Waals surface area contributed by atoms with Gasteiger partial charge in [0.25, 0.3) is 0 Å². The van der Waals surface area contributed by atoms with E-state index in [0.717, 1.165) is 128 Å². The maximum absolute atomic E-state index is 12.8. The third-order valence-corrected chi connectivity index (χ3v) is 10.6. The Bertz CT molecular complexity index is 1400. The van der Waals surface area contributed by atoms with E-state index in [2.05, 4.69) is 154 Å². The van der Waals surface area contributed by atoms with Crippen molar-refractivity contribution in [3.63, 3.8) is 0 Å². The molecular weight excluding hydrogens is 813 g/mol. The molecule has 0 N–H and O–H groups in total. The molecule has 0 rings (SSSR count). The van der Waals surface area contributed by atoms with E-state index in [-0.39, 0.29) is 25.2 Å². The SMILES string of the molecule is CC/C=C\C/C=C\C/C=C\C/C=C\C/C=C\CCCC(=O)OCC(COCCCCCCCCC/C=C\C/C=C\C/C=C\C/C=C\CC)OC(=O)CCCCCCC/C=C\C/C=C\CCC. The highest BCUT2D eigenvalue weighted by Crippen LogP contribution is 2.12. The van der Waals surface area contributed by atoms with Crippen LogP contribution in [0.2, 0.25) is 0 Å². The molecular formula is C61H98O5. The second-order valence-corrected chi connectivity index (χ2v) is 17.0. The van der Waals surface area contributed by atoms with Gasteiger partial charge < -0.3 is 14.2 Å². The van der Waals surface area contributed by atoms with Gasteiger partial charge in [-0.05, 0) is 122 Å². The lowest BCUT2D eigenvalue weighted by Crippen LogP contribution is -2.30. The van der Waals surface area contributed by atoms with Crippen LogP contribution in [-0.4, -0.2) is 37.9 Å². The van der Waals surface area contributed by atoms with Crippen LogP contribution in [0, 0.1) is 0 Å².